The third-order valence-corrected chi connectivity index (χ3v) is 7.13. The number of hydrazine groups is 1. The van der Waals surface area contributed by atoms with E-state index in [1.807, 2.05) is 68.1 Å². The van der Waals surface area contributed by atoms with Crippen LogP contribution < -0.4 is 20.3 Å². The zero-order valence-corrected chi connectivity index (χ0v) is 21.0. The van der Waals surface area contributed by atoms with Crippen LogP contribution in [0.1, 0.15) is 46.8 Å². The first-order valence-electron chi connectivity index (χ1n) is 12.2. The Labute approximate surface area is 211 Å². The summed E-state index contributed by atoms with van der Waals surface area (Å²) < 4.78 is 11.4. The van der Waals surface area contributed by atoms with Gasteiger partial charge >= 0.3 is 0 Å². The van der Waals surface area contributed by atoms with Crippen LogP contribution in [0.4, 0.5) is 0 Å². The molecule has 0 aliphatic carbocycles. The number of carbonyl (C=O) groups excluding carboxylic acids is 1. The average molecular weight is 489 g/mol. The van der Waals surface area contributed by atoms with Gasteiger partial charge in [0.2, 0.25) is 5.91 Å². The average Bonchev–Trinajstić information content (AvgIpc) is 3.41. The van der Waals surface area contributed by atoms with Crippen LogP contribution in [0.5, 0.6) is 17.2 Å². The number of hydrogen-bond donors (Lipinski definition) is 3. The number of aromatic hydroxyl groups is 1. The third kappa shape index (κ3) is 4.16. The van der Waals surface area contributed by atoms with Gasteiger partial charge in [0.15, 0.2) is 11.5 Å². The second kappa shape index (κ2) is 9.79. The van der Waals surface area contributed by atoms with Crippen LogP contribution in [0.15, 0.2) is 54.9 Å². The minimum absolute atomic E-state index is 0.000527. The highest BCUT2D eigenvalue weighted by atomic mass is 16.5. The molecule has 0 spiro atoms. The van der Waals surface area contributed by atoms with Gasteiger partial charge in [-0.3, -0.25) is 9.78 Å². The maximum absolute atomic E-state index is 13.8. The summed E-state index contributed by atoms with van der Waals surface area (Å²) in [4.78, 5) is 19.9. The Morgan fingerprint density at radius 1 is 1.08 bits per heavy atom. The Balaban J connectivity index is 1.62. The Bertz CT molecular complexity index is 1270. The summed E-state index contributed by atoms with van der Waals surface area (Å²) in [6, 6.07) is 12.7. The highest BCUT2D eigenvalue weighted by Crippen LogP contribution is 2.50. The van der Waals surface area contributed by atoms with Crippen LogP contribution in [0, 0.1) is 19.8 Å². The van der Waals surface area contributed by atoms with E-state index in [1.54, 1.807) is 19.5 Å². The molecule has 1 aromatic heterocycles. The SMILES string of the molecule is CCOc1ccc(C2C3C(NNC3c3cc(C)cc(C)c3O)C(=O)N2Cc2cccnc2)cc1OC. The van der Waals surface area contributed by atoms with E-state index in [4.69, 9.17) is 9.47 Å². The summed E-state index contributed by atoms with van der Waals surface area (Å²) in [5.74, 6) is 1.36. The summed E-state index contributed by atoms with van der Waals surface area (Å²) >= 11 is 0. The van der Waals surface area contributed by atoms with E-state index in [1.165, 1.54) is 0 Å². The summed E-state index contributed by atoms with van der Waals surface area (Å²) in [6.07, 6.45) is 3.51. The van der Waals surface area contributed by atoms with Gasteiger partial charge in [-0.05, 0) is 55.7 Å². The maximum atomic E-state index is 13.8. The number of phenols is 1. The first-order chi connectivity index (χ1) is 17.4. The highest BCUT2D eigenvalue weighted by Gasteiger charge is 2.56. The Hall–Kier alpha value is -3.62. The fraction of sp³-hybridized carbons (Fsp3) is 0.357. The van der Waals surface area contributed by atoms with Crippen LogP contribution in [0.3, 0.4) is 0 Å². The van der Waals surface area contributed by atoms with E-state index in [0.717, 1.165) is 27.8 Å². The molecule has 1 amide bonds. The molecule has 3 heterocycles. The second-order valence-corrected chi connectivity index (χ2v) is 9.46. The minimum Gasteiger partial charge on any atom is -0.507 e. The van der Waals surface area contributed by atoms with Crippen molar-refractivity contribution in [1.29, 1.82) is 0 Å². The largest absolute Gasteiger partial charge is 0.507 e. The van der Waals surface area contributed by atoms with Gasteiger partial charge in [0, 0.05) is 30.4 Å². The number of benzene rings is 2. The van der Waals surface area contributed by atoms with Crippen molar-refractivity contribution in [2.75, 3.05) is 13.7 Å². The molecule has 8 heteroatoms. The van der Waals surface area contributed by atoms with Gasteiger partial charge in [-0.1, -0.05) is 29.8 Å². The number of ether oxygens (including phenoxy) is 2. The molecule has 2 aliphatic rings. The quantitative estimate of drug-likeness (QED) is 0.466. The maximum Gasteiger partial charge on any atom is 0.242 e. The van der Waals surface area contributed by atoms with Crippen molar-refractivity contribution >= 4 is 5.91 Å². The molecule has 5 rings (SSSR count). The van der Waals surface area contributed by atoms with Crippen molar-refractivity contribution in [3.8, 4) is 17.2 Å². The molecule has 0 saturated carbocycles. The number of pyridine rings is 1. The highest BCUT2D eigenvalue weighted by molar-refractivity contribution is 5.86. The lowest BCUT2D eigenvalue weighted by molar-refractivity contribution is -0.131. The van der Waals surface area contributed by atoms with Crippen molar-refractivity contribution in [3.63, 3.8) is 0 Å². The van der Waals surface area contributed by atoms with E-state index in [-0.39, 0.29) is 29.7 Å². The Kier molecular flexibility index (Phi) is 6.55. The van der Waals surface area contributed by atoms with Crippen molar-refractivity contribution in [3.05, 3.63) is 82.7 Å². The fourth-order valence-electron chi connectivity index (χ4n) is 5.60. The molecular formula is C28H32N4O4. The zero-order valence-electron chi connectivity index (χ0n) is 21.0. The van der Waals surface area contributed by atoms with Crippen molar-refractivity contribution in [1.82, 2.24) is 20.7 Å². The van der Waals surface area contributed by atoms with E-state index in [9.17, 15) is 9.90 Å². The standard InChI is InChI=1S/C28H32N4O4/c1-5-36-21-9-8-19(13-22(21)35-4)26-23-24(20-12-16(2)11-17(3)27(20)33)30-31-25(23)28(34)32(26)15-18-7-6-10-29-14-18/h6-14,23-26,30-31,33H,5,15H2,1-4H3. The predicted octanol–water partition coefficient (Wildman–Crippen LogP) is 3.73. The number of likely N-dealkylation sites (tertiary alicyclic amines) is 1. The van der Waals surface area contributed by atoms with Crippen molar-refractivity contribution in [2.24, 2.45) is 5.92 Å². The minimum atomic E-state index is -0.450. The molecule has 2 fully saturated rings. The number of nitrogens with one attached hydrogen (secondary N) is 2. The zero-order chi connectivity index (χ0) is 25.4. The van der Waals surface area contributed by atoms with Crippen molar-refractivity contribution in [2.45, 2.75) is 45.4 Å². The normalized spacial score (nSPS) is 23.1. The molecule has 188 valence electrons. The first-order valence-corrected chi connectivity index (χ1v) is 12.2. The molecule has 8 nitrogen and oxygen atoms in total. The number of phenolic OH excluding ortho intramolecular Hbond substituents is 1. The lowest BCUT2D eigenvalue weighted by Gasteiger charge is -2.32. The van der Waals surface area contributed by atoms with Crippen LogP contribution in [-0.2, 0) is 11.3 Å². The van der Waals surface area contributed by atoms with E-state index in [2.05, 4.69) is 15.8 Å². The first kappa shape index (κ1) is 24.1. The number of methoxy groups -OCH3 is 1. The molecule has 2 aromatic carbocycles. The Morgan fingerprint density at radius 3 is 2.61 bits per heavy atom. The van der Waals surface area contributed by atoms with Crippen LogP contribution in [0.2, 0.25) is 0 Å². The van der Waals surface area contributed by atoms with E-state index < -0.39 is 6.04 Å². The lowest BCUT2D eigenvalue weighted by Crippen LogP contribution is -2.41. The molecule has 3 N–H and O–H groups in total. The monoisotopic (exact) mass is 488 g/mol. The van der Waals surface area contributed by atoms with Gasteiger partial charge in [0.05, 0.1) is 25.8 Å². The number of rotatable bonds is 7. The van der Waals surface area contributed by atoms with Crippen LogP contribution >= 0.6 is 0 Å². The van der Waals surface area contributed by atoms with E-state index in [0.29, 0.717) is 24.7 Å². The van der Waals surface area contributed by atoms with Gasteiger partial charge in [0.25, 0.3) is 0 Å². The van der Waals surface area contributed by atoms with Gasteiger partial charge < -0.3 is 19.5 Å². The molecular weight excluding hydrogens is 456 g/mol. The summed E-state index contributed by atoms with van der Waals surface area (Å²) in [5, 5.41) is 11.0. The van der Waals surface area contributed by atoms with Gasteiger partial charge in [0.1, 0.15) is 11.8 Å². The summed E-state index contributed by atoms with van der Waals surface area (Å²) in [7, 11) is 1.62. The molecule has 4 atom stereocenters. The molecule has 0 radical (unpaired) electrons. The summed E-state index contributed by atoms with van der Waals surface area (Å²) in [6.45, 7) is 6.79. The molecule has 36 heavy (non-hydrogen) atoms. The lowest BCUT2D eigenvalue weighted by atomic mass is 9.82. The summed E-state index contributed by atoms with van der Waals surface area (Å²) in [5.41, 5.74) is 11.1. The molecule has 3 aromatic rings. The Morgan fingerprint density at radius 2 is 1.89 bits per heavy atom. The van der Waals surface area contributed by atoms with Gasteiger partial charge in [-0.25, -0.2) is 10.9 Å². The smallest absolute Gasteiger partial charge is 0.242 e. The second-order valence-electron chi connectivity index (χ2n) is 9.46. The van der Waals surface area contributed by atoms with Crippen LogP contribution in [-0.4, -0.2) is 40.7 Å². The third-order valence-electron chi connectivity index (χ3n) is 7.13. The molecule has 0 bridgehead atoms. The number of aromatic nitrogens is 1. The van der Waals surface area contributed by atoms with Gasteiger partial charge in [-0.2, -0.15) is 0 Å². The fourth-order valence-corrected chi connectivity index (χ4v) is 5.60. The molecule has 2 saturated heterocycles. The predicted molar refractivity (Wildman–Crippen MR) is 136 cm³/mol. The number of nitrogens with zero attached hydrogens (tertiary/aromatic N) is 2. The van der Waals surface area contributed by atoms with Crippen molar-refractivity contribution < 1.29 is 19.4 Å². The van der Waals surface area contributed by atoms with Gasteiger partial charge in [-0.15, -0.1) is 0 Å². The topological polar surface area (TPSA) is 96.0 Å². The number of amides is 1. The molecule has 2 aliphatic heterocycles. The van der Waals surface area contributed by atoms with E-state index >= 15 is 0 Å². The number of carbonyl (C=O) groups is 1. The van der Waals surface area contributed by atoms with Crippen LogP contribution in [0.25, 0.3) is 0 Å². The number of fused-ring (bicyclic) bond motifs is 1. The number of hydrogen-bond acceptors (Lipinski definition) is 7. The number of aryl methyl sites for hydroxylation is 2. The molecule has 4 unspecified atom stereocenters.